The first kappa shape index (κ1) is 62.1. The summed E-state index contributed by atoms with van der Waals surface area (Å²) in [6.45, 7) is 0.319. The average Bonchev–Trinajstić information content (AvgIpc) is 3.33. The average molecular weight is 1230 g/mol. The Bertz CT molecular complexity index is 2920. The first-order valence-corrected chi connectivity index (χ1v) is 22.8. The van der Waals surface area contributed by atoms with E-state index in [0.29, 0.717) is 6.54 Å². The van der Waals surface area contributed by atoms with Crippen molar-refractivity contribution in [1.82, 2.24) is 4.98 Å². The molecular formula is C51H28BBrF24N2O. The topological polar surface area (TPSA) is 33.8 Å². The molecule has 0 spiro atoms. The molecule has 0 radical (unpaired) electrons. The summed E-state index contributed by atoms with van der Waals surface area (Å²) in [5, 5.41) is 0. The van der Waals surface area contributed by atoms with Gasteiger partial charge in [0.2, 0.25) is 12.3 Å². The third-order valence-electron chi connectivity index (χ3n) is 12.0. The number of nitrogens with zero attached hydrogens (tertiary/aromatic N) is 2. The molecule has 0 bridgehead atoms. The molecule has 0 saturated heterocycles. The Morgan fingerprint density at radius 1 is 0.412 bits per heavy atom. The van der Waals surface area contributed by atoms with Gasteiger partial charge in [-0.2, -0.15) is 132 Å². The Kier molecular flexibility index (Phi) is 17.2. The zero-order valence-corrected chi connectivity index (χ0v) is 40.7. The molecule has 0 aliphatic heterocycles. The van der Waals surface area contributed by atoms with Gasteiger partial charge in [-0.15, -0.1) is 0 Å². The van der Waals surface area contributed by atoms with Crippen molar-refractivity contribution in [3.05, 3.63) is 212 Å². The van der Waals surface area contributed by atoms with E-state index in [4.69, 9.17) is 0 Å². The van der Waals surface area contributed by atoms with E-state index >= 15 is 0 Å². The molecule has 6 aromatic carbocycles. The number of aromatic nitrogens is 2. The molecule has 1 aromatic heterocycles. The summed E-state index contributed by atoms with van der Waals surface area (Å²) >= 11 is 3.43. The molecule has 0 unspecified atom stereocenters. The third-order valence-corrected chi connectivity index (χ3v) is 12.5. The number of ketones is 1. The van der Waals surface area contributed by atoms with Gasteiger partial charge in [0.05, 0.1) is 50.7 Å². The van der Waals surface area contributed by atoms with E-state index < -0.39 is 195 Å². The van der Waals surface area contributed by atoms with Crippen molar-refractivity contribution in [3.63, 3.8) is 0 Å². The van der Waals surface area contributed by atoms with E-state index in [1.54, 1.807) is 6.20 Å². The number of carbonyl (C=O) groups is 1. The Hall–Kier alpha value is -7.07. The van der Waals surface area contributed by atoms with Crippen LogP contribution in [0.2, 0.25) is 0 Å². The van der Waals surface area contributed by atoms with Crippen LogP contribution >= 0.6 is 15.9 Å². The zero-order chi connectivity index (χ0) is 60.0. The fraction of sp³-hybridized carbons (Fsp3) is 0.196. The van der Waals surface area contributed by atoms with Gasteiger partial charge in [-0.3, -0.25) is 4.79 Å². The Morgan fingerprint density at radius 3 is 0.975 bits per heavy atom. The molecule has 0 atom stereocenters. The molecule has 0 saturated carbocycles. The second kappa shape index (κ2) is 22.1. The first-order chi connectivity index (χ1) is 36.5. The number of Topliss-reactive ketones (excluding diaryl/α,β-unsaturated/α-hetero) is 1. The van der Waals surface area contributed by atoms with Crippen LogP contribution in [-0.2, 0) is 62.4 Å². The molecule has 80 heavy (non-hydrogen) atoms. The Balaban J connectivity index is 0.000000370. The third kappa shape index (κ3) is 14.8. The highest BCUT2D eigenvalue weighted by Gasteiger charge is 2.47. The van der Waals surface area contributed by atoms with Crippen LogP contribution in [0.15, 0.2) is 150 Å². The van der Waals surface area contributed by atoms with E-state index in [-0.39, 0.29) is 5.78 Å². The summed E-state index contributed by atoms with van der Waals surface area (Å²) in [6.07, 6.45) is -48.6. The Morgan fingerprint density at radius 2 is 0.700 bits per heavy atom. The van der Waals surface area contributed by atoms with Gasteiger partial charge in [-0.1, -0.05) is 107 Å². The molecule has 0 aliphatic carbocycles. The number of halogens is 25. The SMILES string of the molecule is FC(F)(F)c1cc([B-](c2cc(C(F)(F)F)cc(C(F)(F)F)c2)(c2cc(C(F)(F)F)cc(C(F)(F)F)c2)c2cc(C(F)(F)F)cc(C(F)(F)F)c2)cc(C(F)(F)F)c1.O=C(C[n+]1ccnc(Cc2ccc(Br)cc2)c1)c1ccccc1. The van der Waals surface area contributed by atoms with Gasteiger partial charge < -0.3 is 0 Å². The molecule has 426 valence electrons. The van der Waals surface area contributed by atoms with Crippen molar-refractivity contribution in [2.24, 2.45) is 0 Å². The standard InChI is InChI=1S/C32H12BF24.C19H16BrN2O/c34-25(35,36)13-1-14(26(37,38)39)6-21(5-13)33(22-7-15(27(40,41)42)2-16(8-22)28(43,44)45,23-9-17(29(46,47)48)3-18(10-23)30(49,50)51)24-11-19(31(52,53)54)4-20(12-24)32(55,56)57;20-17-8-6-15(7-9-17)12-18-13-22(11-10-21-18)14-19(23)16-4-2-1-3-5-16/h1-12H;1-11,13H,12,14H2/q-1;+1. The minimum atomic E-state index is -6.13. The monoisotopic (exact) mass is 1230 g/mol. The number of rotatable bonds is 9. The highest BCUT2D eigenvalue weighted by molar-refractivity contribution is 9.10. The van der Waals surface area contributed by atoms with Gasteiger partial charge >= 0.3 is 49.4 Å². The van der Waals surface area contributed by atoms with Gasteiger partial charge in [-0.25, -0.2) is 4.98 Å². The highest BCUT2D eigenvalue weighted by atomic mass is 79.9. The van der Waals surface area contributed by atoms with Crippen molar-refractivity contribution < 1.29 is 115 Å². The minimum absolute atomic E-state index is 0.0939. The van der Waals surface area contributed by atoms with Crippen molar-refractivity contribution in [2.45, 2.75) is 62.4 Å². The van der Waals surface area contributed by atoms with Crippen molar-refractivity contribution in [1.29, 1.82) is 0 Å². The summed E-state index contributed by atoms with van der Waals surface area (Å²) < 4.78 is 344. The minimum Gasteiger partial charge on any atom is -0.287 e. The number of carbonyl (C=O) groups excluding carboxylic acids is 1. The maximum absolute atomic E-state index is 14.2. The number of benzene rings is 6. The molecule has 0 N–H and O–H groups in total. The van der Waals surface area contributed by atoms with Gasteiger partial charge in [0.15, 0.2) is 12.4 Å². The summed E-state index contributed by atoms with van der Waals surface area (Å²) in [4.78, 5) is 16.7. The lowest BCUT2D eigenvalue weighted by Crippen LogP contribution is -2.75. The van der Waals surface area contributed by atoms with Crippen molar-refractivity contribution in [3.8, 4) is 0 Å². The molecule has 3 nitrogen and oxygen atoms in total. The van der Waals surface area contributed by atoms with Crippen LogP contribution < -0.4 is 26.4 Å². The molecule has 7 rings (SSSR count). The fourth-order valence-corrected chi connectivity index (χ4v) is 8.70. The van der Waals surface area contributed by atoms with Crippen LogP contribution in [0.5, 0.6) is 0 Å². The Labute approximate surface area is 442 Å². The zero-order valence-electron chi connectivity index (χ0n) is 39.1. The van der Waals surface area contributed by atoms with Gasteiger partial charge in [0, 0.05) is 16.5 Å². The normalized spacial score (nSPS) is 13.2. The second-order valence-electron chi connectivity index (χ2n) is 17.5. The van der Waals surface area contributed by atoms with Crippen molar-refractivity contribution in [2.75, 3.05) is 0 Å². The molecule has 29 heteroatoms. The van der Waals surface area contributed by atoms with Crippen molar-refractivity contribution >= 4 is 49.7 Å². The lowest BCUT2D eigenvalue weighted by Gasteiger charge is -2.46. The quantitative estimate of drug-likeness (QED) is 0.0625. The van der Waals surface area contributed by atoms with Crippen LogP contribution in [0, 0.1) is 0 Å². The van der Waals surface area contributed by atoms with Gasteiger partial charge in [0.25, 0.3) is 0 Å². The lowest BCUT2D eigenvalue weighted by molar-refractivity contribution is -0.684. The molecule has 0 aliphatic rings. The van der Waals surface area contributed by atoms with E-state index in [2.05, 4.69) is 33.0 Å². The number of hydrogen-bond donors (Lipinski definition) is 0. The van der Waals surface area contributed by atoms with E-state index in [1.807, 2.05) is 59.4 Å². The summed E-state index contributed by atoms with van der Waals surface area (Å²) in [5.41, 5.74) is -27.3. The maximum atomic E-state index is 14.2. The largest absolute Gasteiger partial charge is 0.416 e. The first-order valence-electron chi connectivity index (χ1n) is 22.0. The van der Waals surface area contributed by atoms with Crippen LogP contribution in [0.1, 0.15) is 66.1 Å². The number of hydrogen-bond acceptors (Lipinski definition) is 2. The fourth-order valence-electron chi connectivity index (χ4n) is 8.44. The van der Waals surface area contributed by atoms with E-state index in [1.165, 1.54) is 5.56 Å². The van der Waals surface area contributed by atoms with E-state index in [0.717, 1.165) is 22.2 Å². The lowest BCUT2D eigenvalue weighted by atomic mass is 9.12. The van der Waals surface area contributed by atoms with E-state index in [9.17, 15) is 110 Å². The second-order valence-corrected chi connectivity index (χ2v) is 18.5. The molecular weight excluding hydrogens is 1200 g/mol. The van der Waals surface area contributed by atoms with Crippen LogP contribution in [0.25, 0.3) is 0 Å². The van der Waals surface area contributed by atoms with Gasteiger partial charge in [-0.05, 0) is 42.0 Å². The van der Waals surface area contributed by atoms with Crippen LogP contribution in [0.4, 0.5) is 105 Å². The number of alkyl halides is 24. The summed E-state index contributed by atoms with van der Waals surface area (Å²) in [6, 6.07) is 8.71. The van der Waals surface area contributed by atoms with Crippen LogP contribution in [0.3, 0.4) is 0 Å². The predicted molar refractivity (Wildman–Crippen MR) is 242 cm³/mol. The maximum Gasteiger partial charge on any atom is 0.416 e. The van der Waals surface area contributed by atoms with Gasteiger partial charge in [0.1, 0.15) is 11.8 Å². The molecule has 7 aromatic rings. The molecule has 1 heterocycles. The predicted octanol–water partition coefficient (Wildman–Crippen LogP) is 14.8. The summed E-state index contributed by atoms with van der Waals surface area (Å²) in [5.74, 6) is 0.0939. The smallest absolute Gasteiger partial charge is 0.287 e. The van der Waals surface area contributed by atoms with Crippen LogP contribution in [-0.4, -0.2) is 16.9 Å². The highest BCUT2D eigenvalue weighted by Crippen LogP contribution is 2.41. The molecule has 0 amide bonds. The summed E-state index contributed by atoms with van der Waals surface area (Å²) in [7, 11) is 0. The molecule has 0 fully saturated rings.